The Balaban J connectivity index is 2.02. The van der Waals surface area contributed by atoms with Crippen molar-refractivity contribution < 1.29 is 0 Å². The van der Waals surface area contributed by atoms with Gasteiger partial charge in [-0.1, -0.05) is 0 Å². The Morgan fingerprint density at radius 2 is 1.80 bits per heavy atom. The van der Waals surface area contributed by atoms with Crippen molar-refractivity contribution in [1.29, 1.82) is 5.26 Å². The van der Waals surface area contributed by atoms with Crippen LogP contribution < -0.4 is 10.6 Å². The van der Waals surface area contributed by atoms with Crippen molar-refractivity contribution in [2.75, 3.05) is 23.7 Å². The lowest BCUT2D eigenvalue weighted by molar-refractivity contribution is 0.488. The SMILES string of the molecule is N#CC1CCN(c2ccc(N)cc2)CC1. The number of hydrogen-bond donors (Lipinski definition) is 1. The summed E-state index contributed by atoms with van der Waals surface area (Å²) in [7, 11) is 0. The smallest absolute Gasteiger partial charge is 0.0657 e. The molecule has 1 aromatic carbocycles. The molecular weight excluding hydrogens is 186 g/mol. The predicted octanol–water partition coefficient (Wildman–Crippen LogP) is 2.01. The van der Waals surface area contributed by atoms with E-state index in [4.69, 9.17) is 11.0 Å². The van der Waals surface area contributed by atoms with E-state index in [2.05, 4.69) is 11.0 Å². The first-order valence-electron chi connectivity index (χ1n) is 5.29. The van der Waals surface area contributed by atoms with E-state index in [1.807, 2.05) is 24.3 Å². The quantitative estimate of drug-likeness (QED) is 0.707. The average molecular weight is 201 g/mol. The number of nitrogens with zero attached hydrogens (tertiary/aromatic N) is 2. The van der Waals surface area contributed by atoms with Crippen LogP contribution in [0, 0.1) is 17.2 Å². The first-order valence-corrected chi connectivity index (χ1v) is 5.29. The number of nitrogen functional groups attached to an aromatic ring is 1. The van der Waals surface area contributed by atoms with Gasteiger partial charge in [0.2, 0.25) is 0 Å². The van der Waals surface area contributed by atoms with Gasteiger partial charge in [0.15, 0.2) is 0 Å². The lowest BCUT2D eigenvalue weighted by Crippen LogP contribution is -2.33. The van der Waals surface area contributed by atoms with Crippen LogP contribution in [-0.4, -0.2) is 13.1 Å². The Hall–Kier alpha value is -1.69. The van der Waals surface area contributed by atoms with Gasteiger partial charge in [-0.25, -0.2) is 0 Å². The van der Waals surface area contributed by atoms with Crippen molar-refractivity contribution in [2.24, 2.45) is 5.92 Å². The van der Waals surface area contributed by atoms with Crippen molar-refractivity contribution in [2.45, 2.75) is 12.8 Å². The Morgan fingerprint density at radius 1 is 1.20 bits per heavy atom. The first-order chi connectivity index (χ1) is 7.29. The monoisotopic (exact) mass is 201 g/mol. The van der Waals surface area contributed by atoms with E-state index >= 15 is 0 Å². The maximum absolute atomic E-state index is 8.80. The third kappa shape index (κ3) is 2.21. The molecule has 78 valence electrons. The van der Waals surface area contributed by atoms with E-state index in [9.17, 15) is 0 Å². The molecule has 1 aromatic rings. The molecule has 1 heterocycles. The fraction of sp³-hybridized carbons (Fsp3) is 0.417. The van der Waals surface area contributed by atoms with Gasteiger partial charge < -0.3 is 10.6 Å². The molecule has 3 nitrogen and oxygen atoms in total. The molecule has 2 N–H and O–H groups in total. The molecular formula is C12H15N3. The summed E-state index contributed by atoms with van der Waals surface area (Å²) in [5.41, 5.74) is 7.64. The van der Waals surface area contributed by atoms with Crippen molar-refractivity contribution in [3.05, 3.63) is 24.3 Å². The summed E-state index contributed by atoms with van der Waals surface area (Å²) < 4.78 is 0. The summed E-state index contributed by atoms with van der Waals surface area (Å²) in [6, 6.07) is 10.3. The lowest BCUT2D eigenvalue weighted by atomic mass is 9.98. The molecule has 1 fully saturated rings. The minimum Gasteiger partial charge on any atom is -0.399 e. The van der Waals surface area contributed by atoms with Crippen molar-refractivity contribution in [3.8, 4) is 6.07 Å². The number of piperidine rings is 1. The summed E-state index contributed by atoms with van der Waals surface area (Å²) in [6.07, 6.45) is 1.95. The molecule has 0 unspecified atom stereocenters. The lowest BCUT2D eigenvalue weighted by Gasteiger charge is -2.31. The molecule has 2 rings (SSSR count). The third-order valence-electron chi connectivity index (χ3n) is 2.94. The molecule has 0 aliphatic carbocycles. The van der Waals surface area contributed by atoms with Gasteiger partial charge in [0, 0.05) is 30.4 Å². The molecule has 0 saturated carbocycles. The summed E-state index contributed by atoms with van der Waals surface area (Å²) in [4.78, 5) is 2.31. The van der Waals surface area contributed by atoms with Crippen LogP contribution in [0.2, 0.25) is 0 Å². The van der Waals surface area contributed by atoms with Crippen LogP contribution in [-0.2, 0) is 0 Å². The van der Waals surface area contributed by atoms with Crippen molar-refractivity contribution >= 4 is 11.4 Å². The van der Waals surface area contributed by atoms with Gasteiger partial charge in [0.1, 0.15) is 0 Å². The first kappa shape index (κ1) is 9.85. The second-order valence-electron chi connectivity index (χ2n) is 3.98. The van der Waals surface area contributed by atoms with Crippen LogP contribution in [0.3, 0.4) is 0 Å². The van der Waals surface area contributed by atoms with E-state index in [0.29, 0.717) is 0 Å². The molecule has 3 heteroatoms. The normalized spacial score (nSPS) is 17.4. The largest absolute Gasteiger partial charge is 0.399 e. The van der Waals surface area contributed by atoms with Crippen LogP contribution in [0.25, 0.3) is 0 Å². The zero-order valence-corrected chi connectivity index (χ0v) is 8.69. The number of hydrogen-bond acceptors (Lipinski definition) is 3. The summed E-state index contributed by atoms with van der Waals surface area (Å²) >= 11 is 0. The predicted molar refractivity (Wildman–Crippen MR) is 61.4 cm³/mol. The number of rotatable bonds is 1. The zero-order valence-electron chi connectivity index (χ0n) is 8.69. The highest BCUT2D eigenvalue weighted by Gasteiger charge is 2.18. The standard InChI is InChI=1S/C12H15N3/c13-9-10-5-7-15(8-6-10)12-3-1-11(14)2-4-12/h1-4,10H,5-8,14H2. The zero-order chi connectivity index (χ0) is 10.7. The van der Waals surface area contributed by atoms with Gasteiger partial charge >= 0.3 is 0 Å². The van der Waals surface area contributed by atoms with Crippen molar-refractivity contribution in [1.82, 2.24) is 0 Å². The van der Waals surface area contributed by atoms with E-state index in [0.717, 1.165) is 31.6 Å². The van der Waals surface area contributed by atoms with E-state index in [1.165, 1.54) is 5.69 Å². The fourth-order valence-electron chi connectivity index (χ4n) is 1.95. The molecule has 0 amide bonds. The van der Waals surface area contributed by atoms with Gasteiger partial charge in [-0.15, -0.1) is 0 Å². The highest BCUT2D eigenvalue weighted by molar-refractivity contribution is 5.53. The molecule has 1 aliphatic rings. The topological polar surface area (TPSA) is 53.0 Å². The molecule has 0 radical (unpaired) electrons. The minimum absolute atomic E-state index is 0.245. The van der Waals surface area contributed by atoms with Gasteiger partial charge in [-0.05, 0) is 37.1 Å². The molecule has 0 aromatic heterocycles. The van der Waals surface area contributed by atoms with Crippen LogP contribution in [0.5, 0.6) is 0 Å². The number of anilines is 2. The molecule has 0 spiro atoms. The Bertz CT molecular complexity index is 355. The van der Waals surface area contributed by atoms with Crippen LogP contribution in [0.1, 0.15) is 12.8 Å². The molecule has 0 atom stereocenters. The summed E-state index contributed by atoms with van der Waals surface area (Å²) in [5, 5.41) is 8.80. The number of nitriles is 1. The van der Waals surface area contributed by atoms with Crippen LogP contribution in [0.15, 0.2) is 24.3 Å². The second kappa shape index (κ2) is 4.22. The van der Waals surface area contributed by atoms with Gasteiger partial charge in [0.25, 0.3) is 0 Å². The highest BCUT2D eigenvalue weighted by Crippen LogP contribution is 2.23. The van der Waals surface area contributed by atoms with Crippen LogP contribution in [0.4, 0.5) is 11.4 Å². The molecule has 1 aliphatic heterocycles. The van der Waals surface area contributed by atoms with E-state index in [-0.39, 0.29) is 5.92 Å². The van der Waals surface area contributed by atoms with Gasteiger partial charge in [-0.2, -0.15) is 5.26 Å². The van der Waals surface area contributed by atoms with Gasteiger partial charge in [-0.3, -0.25) is 0 Å². The van der Waals surface area contributed by atoms with E-state index < -0.39 is 0 Å². The fourth-order valence-corrected chi connectivity index (χ4v) is 1.95. The minimum atomic E-state index is 0.245. The molecule has 0 bridgehead atoms. The third-order valence-corrected chi connectivity index (χ3v) is 2.94. The van der Waals surface area contributed by atoms with E-state index in [1.54, 1.807) is 0 Å². The van der Waals surface area contributed by atoms with Crippen molar-refractivity contribution in [3.63, 3.8) is 0 Å². The maximum atomic E-state index is 8.80. The number of nitrogens with two attached hydrogens (primary N) is 1. The Morgan fingerprint density at radius 3 is 2.33 bits per heavy atom. The Labute approximate surface area is 90.1 Å². The second-order valence-corrected chi connectivity index (χ2v) is 3.98. The number of benzene rings is 1. The summed E-state index contributed by atoms with van der Waals surface area (Å²) in [6.45, 7) is 1.95. The maximum Gasteiger partial charge on any atom is 0.0657 e. The van der Waals surface area contributed by atoms with Crippen LogP contribution >= 0.6 is 0 Å². The highest BCUT2D eigenvalue weighted by atomic mass is 15.1. The van der Waals surface area contributed by atoms with Gasteiger partial charge in [0.05, 0.1) is 6.07 Å². The average Bonchev–Trinajstić information content (AvgIpc) is 2.30. The molecule has 1 saturated heterocycles. The Kier molecular flexibility index (Phi) is 2.77. The summed E-state index contributed by atoms with van der Waals surface area (Å²) in [5.74, 6) is 0.245. The molecule has 15 heavy (non-hydrogen) atoms.